The molecule has 0 radical (unpaired) electrons. The van der Waals surface area contributed by atoms with Gasteiger partial charge in [-0.2, -0.15) is 0 Å². The molecule has 0 aliphatic carbocycles. The number of hydrogen-bond acceptors (Lipinski definition) is 4. The van der Waals surface area contributed by atoms with Gasteiger partial charge in [0.2, 0.25) is 0 Å². The van der Waals surface area contributed by atoms with Gasteiger partial charge >= 0.3 is 11.9 Å². The molecule has 114 valence electrons. The van der Waals surface area contributed by atoms with Gasteiger partial charge in [0.1, 0.15) is 5.82 Å². The Morgan fingerprint density at radius 1 is 1.33 bits per heavy atom. The van der Waals surface area contributed by atoms with Gasteiger partial charge in [-0.15, -0.1) is 0 Å². The average Bonchev–Trinajstić information content (AvgIpc) is 2.82. The number of carbonyl (C=O) groups excluding carboxylic acids is 2. The highest BCUT2D eigenvalue weighted by Gasteiger charge is 2.47. The quantitative estimate of drug-likeness (QED) is 0.632. The highest BCUT2D eigenvalue weighted by atomic mass is 19.1. The minimum atomic E-state index is -0.910. The van der Waals surface area contributed by atoms with E-state index in [1.54, 1.807) is 12.1 Å². The molecule has 0 aromatic heterocycles. The van der Waals surface area contributed by atoms with Gasteiger partial charge in [0.05, 0.1) is 13.7 Å². The van der Waals surface area contributed by atoms with Gasteiger partial charge in [-0.25, -0.2) is 4.39 Å². The molecule has 3 atom stereocenters. The van der Waals surface area contributed by atoms with Crippen LogP contribution in [0.3, 0.4) is 0 Å². The van der Waals surface area contributed by atoms with Crippen LogP contribution in [0.2, 0.25) is 0 Å². The molecule has 1 saturated heterocycles. The summed E-state index contributed by atoms with van der Waals surface area (Å²) in [4.78, 5) is 23.7. The molecule has 1 aliphatic rings. The molecular weight excluding hydrogens is 275 g/mol. The summed E-state index contributed by atoms with van der Waals surface area (Å²) >= 11 is 0. The molecule has 0 saturated carbocycles. The van der Waals surface area contributed by atoms with Crippen molar-refractivity contribution in [1.82, 2.24) is 0 Å². The lowest BCUT2D eigenvalue weighted by Crippen LogP contribution is -2.32. The summed E-state index contributed by atoms with van der Waals surface area (Å²) in [7, 11) is 1.26. The van der Waals surface area contributed by atoms with Crippen LogP contribution in [-0.4, -0.2) is 25.7 Å². The molecule has 2 rings (SSSR count). The number of esters is 2. The summed E-state index contributed by atoms with van der Waals surface area (Å²) in [5.74, 6) is -2.55. The Hall–Kier alpha value is -1.91. The van der Waals surface area contributed by atoms with E-state index in [2.05, 4.69) is 0 Å². The first-order chi connectivity index (χ1) is 9.95. The van der Waals surface area contributed by atoms with E-state index in [-0.39, 0.29) is 30.2 Å². The van der Waals surface area contributed by atoms with E-state index in [9.17, 15) is 14.0 Å². The smallest absolute Gasteiger partial charge is 0.320 e. The molecule has 4 nitrogen and oxygen atoms in total. The Morgan fingerprint density at radius 3 is 2.48 bits per heavy atom. The van der Waals surface area contributed by atoms with Crippen molar-refractivity contribution in [3.05, 3.63) is 35.6 Å². The first-order valence-electron chi connectivity index (χ1n) is 6.95. The van der Waals surface area contributed by atoms with Gasteiger partial charge in [0.15, 0.2) is 5.92 Å². The van der Waals surface area contributed by atoms with Gasteiger partial charge < -0.3 is 9.47 Å². The van der Waals surface area contributed by atoms with Crippen LogP contribution >= 0.6 is 0 Å². The fourth-order valence-corrected chi connectivity index (χ4v) is 3.06. The monoisotopic (exact) mass is 294 g/mol. The predicted molar refractivity (Wildman–Crippen MR) is 73.9 cm³/mol. The van der Waals surface area contributed by atoms with Crippen LogP contribution in [0.1, 0.15) is 25.3 Å². The molecule has 1 heterocycles. The number of cyclic esters (lactones) is 1. The molecule has 0 spiro atoms. The number of halogens is 1. The zero-order valence-electron chi connectivity index (χ0n) is 12.3. The number of benzene rings is 1. The standard InChI is InChI=1S/C16H19FO4/c1-9(2)13(10-4-6-11(17)7-5-10)12-8-21-16(19)14(12)15(18)20-3/h4-7,9,12-14H,8H2,1-3H3/t12-,13+,14+/m1/s1. The zero-order chi connectivity index (χ0) is 15.6. The van der Waals surface area contributed by atoms with Crippen LogP contribution in [0.5, 0.6) is 0 Å². The van der Waals surface area contributed by atoms with Crippen molar-refractivity contribution in [3.8, 4) is 0 Å². The summed E-state index contributed by atoms with van der Waals surface area (Å²) < 4.78 is 22.9. The van der Waals surface area contributed by atoms with Crippen molar-refractivity contribution in [2.45, 2.75) is 19.8 Å². The number of rotatable bonds is 4. The van der Waals surface area contributed by atoms with Crippen molar-refractivity contribution >= 4 is 11.9 Å². The van der Waals surface area contributed by atoms with E-state index in [1.165, 1.54) is 19.2 Å². The van der Waals surface area contributed by atoms with Crippen molar-refractivity contribution in [3.63, 3.8) is 0 Å². The van der Waals surface area contributed by atoms with E-state index in [0.717, 1.165) is 5.56 Å². The average molecular weight is 294 g/mol. The molecule has 0 bridgehead atoms. The fraction of sp³-hybridized carbons (Fsp3) is 0.500. The van der Waals surface area contributed by atoms with Gasteiger partial charge in [-0.3, -0.25) is 9.59 Å². The van der Waals surface area contributed by atoms with E-state index in [0.29, 0.717) is 0 Å². The Morgan fingerprint density at radius 2 is 1.95 bits per heavy atom. The van der Waals surface area contributed by atoms with Crippen LogP contribution in [-0.2, 0) is 19.1 Å². The van der Waals surface area contributed by atoms with Crippen molar-refractivity contribution in [1.29, 1.82) is 0 Å². The topological polar surface area (TPSA) is 52.6 Å². The van der Waals surface area contributed by atoms with E-state index >= 15 is 0 Å². The molecule has 0 N–H and O–H groups in total. The Kier molecular flexibility index (Phi) is 4.60. The van der Waals surface area contributed by atoms with Crippen LogP contribution in [0.15, 0.2) is 24.3 Å². The number of hydrogen-bond donors (Lipinski definition) is 0. The third-order valence-electron chi connectivity index (χ3n) is 3.99. The Balaban J connectivity index is 2.35. The maximum atomic E-state index is 13.1. The van der Waals surface area contributed by atoms with E-state index in [4.69, 9.17) is 9.47 Å². The minimum Gasteiger partial charge on any atom is -0.468 e. The van der Waals surface area contributed by atoms with Crippen LogP contribution in [0.25, 0.3) is 0 Å². The second-order valence-corrected chi connectivity index (χ2v) is 5.62. The molecule has 1 aliphatic heterocycles. The van der Waals surface area contributed by atoms with Crippen LogP contribution in [0, 0.1) is 23.6 Å². The molecule has 1 aromatic carbocycles. The van der Waals surface area contributed by atoms with Crippen molar-refractivity contribution in [2.24, 2.45) is 17.8 Å². The van der Waals surface area contributed by atoms with Gasteiger partial charge in [0, 0.05) is 5.92 Å². The highest BCUT2D eigenvalue weighted by Crippen LogP contribution is 2.40. The van der Waals surface area contributed by atoms with Gasteiger partial charge in [-0.1, -0.05) is 26.0 Å². The summed E-state index contributed by atoms with van der Waals surface area (Å²) in [5, 5.41) is 0. The van der Waals surface area contributed by atoms with E-state index in [1.807, 2.05) is 13.8 Å². The Labute approximate surface area is 123 Å². The largest absolute Gasteiger partial charge is 0.468 e. The summed E-state index contributed by atoms with van der Waals surface area (Å²) in [5.41, 5.74) is 0.892. The summed E-state index contributed by atoms with van der Waals surface area (Å²) in [6.07, 6.45) is 0. The fourth-order valence-electron chi connectivity index (χ4n) is 3.06. The third kappa shape index (κ3) is 3.06. The minimum absolute atomic E-state index is 0.0823. The lowest BCUT2D eigenvalue weighted by atomic mass is 9.74. The maximum absolute atomic E-state index is 13.1. The predicted octanol–water partition coefficient (Wildman–Crippen LogP) is 2.53. The molecule has 1 aromatic rings. The first-order valence-corrected chi connectivity index (χ1v) is 6.95. The second-order valence-electron chi connectivity index (χ2n) is 5.62. The van der Waals surface area contributed by atoms with Crippen molar-refractivity contribution in [2.75, 3.05) is 13.7 Å². The van der Waals surface area contributed by atoms with Gasteiger partial charge in [0.25, 0.3) is 0 Å². The van der Waals surface area contributed by atoms with E-state index < -0.39 is 17.9 Å². The number of carbonyl (C=O) groups is 2. The molecule has 0 unspecified atom stereocenters. The second kappa shape index (κ2) is 6.24. The first kappa shape index (κ1) is 15.5. The lowest BCUT2D eigenvalue weighted by molar-refractivity contribution is -0.154. The normalized spacial score (nSPS) is 23.0. The Bertz CT molecular complexity index is 524. The zero-order valence-corrected chi connectivity index (χ0v) is 12.3. The summed E-state index contributed by atoms with van der Waals surface area (Å²) in [6.45, 7) is 4.19. The van der Waals surface area contributed by atoms with Gasteiger partial charge in [-0.05, 0) is 29.5 Å². The molecule has 21 heavy (non-hydrogen) atoms. The SMILES string of the molecule is COC(=O)[C@H]1C(=O)OC[C@@H]1[C@H](c1ccc(F)cc1)C(C)C. The van der Waals surface area contributed by atoms with Crippen LogP contribution in [0.4, 0.5) is 4.39 Å². The molecule has 0 amide bonds. The summed E-state index contributed by atoms with van der Waals surface area (Å²) in [6, 6.07) is 6.15. The number of ether oxygens (including phenoxy) is 2. The third-order valence-corrected chi connectivity index (χ3v) is 3.99. The molecule has 1 fully saturated rings. The maximum Gasteiger partial charge on any atom is 0.320 e. The van der Waals surface area contributed by atoms with Crippen molar-refractivity contribution < 1.29 is 23.5 Å². The highest BCUT2D eigenvalue weighted by molar-refractivity contribution is 5.96. The molecule has 5 heteroatoms. The number of methoxy groups -OCH3 is 1. The van der Waals surface area contributed by atoms with Crippen LogP contribution < -0.4 is 0 Å². The molecular formula is C16H19FO4. The lowest BCUT2D eigenvalue weighted by Gasteiger charge is -2.28.